The van der Waals surface area contributed by atoms with Crippen molar-refractivity contribution in [1.29, 1.82) is 0 Å². The van der Waals surface area contributed by atoms with Crippen LogP contribution in [-0.4, -0.2) is 55.0 Å². The van der Waals surface area contributed by atoms with Crippen molar-refractivity contribution in [3.05, 3.63) is 0 Å². The first-order chi connectivity index (χ1) is 9.72. The highest BCUT2D eigenvalue weighted by Gasteiger charge is 2.54. The summed E-state index contributed by atoms with van der Waals surface area (Å²) in [6.45, 7) is 2.39. The first-order valence-corrected chi connectivity index (χ1v) is 7.08. The van der Waals surface area contributed by atoms with E-state index in [1.54, 1.807) is 0 Å². The van der Waals surface area contributed by atoms with Gasteiger partial charge in [-0.05, 0) is 6.42 Å². The van der Waals surface area contributed by atoms with Gasteiger partial charge in [0.25, 0.3) is 0 Å². The van der Waals surface area contributed by atoms with E-state index >= 15 is 0 Å². The van der Waals surface area contributed by atoms with Crippen molar-refractivity contribution in [3.63, 3.8) is 0 Å². The third-order valence-corrected chi connectivity index (χ3v) is 3.79. The van der Waals surface area contributed by atoms with Gasteiger partial charge in [-0.3, -0.25) is 0 Å². The number of aliphatic hydroxyl groups is 1. The van der Waals surface area contributed by atoms with Crippen LogP contribution >= 0.6 is 0 Å². The smallest absolute Gasteiger partial charge is 0.184 e. The highest BCUT2D eigenvalue weighted by Crippen LogP contribution is 2.37. The summed E-state index contributed by atoms with van der Waals surface area (Å²) in [7, 11) is 0. The minimum Gasteiger partial charge on any atom is -0.366 e. The minimum absolute atomic E-state index is 0.315. The van der Waals surface area contributed by atoms with Crippen LogP contribution in [0.2, 0.25) is 0 Å². The molecular formula is C14H20O6. The largest absolute Gasteiger partial charge is 0.366 e. The van der Waals surface area contributed by atoms with E-state index in [9.17, 15) is 5.11 Å². The summed E-state index contributed by atoms with van der Waals surface area (Å²) in [4.78, 5) is 0. The number of ether oxygens (including phenoxy) is 5. The Kier molecular flexibility index (Phi) is 4.26. The van der Waals surface area contributed by atoms with Gasteiger partial charge in [-0.15, -0.1) is 12.3 Å². The maximum Gasteiger partial charge on any atom is 0.184 e. The number of aliphatic hydroxyl groups excluding tert-OH is 1. The van der Waals surface area contributed by atoms with E-state index in [2.05, 4.69) is 12.8 Å². The fourth-order valence-corrected chi connectivity index (χ4v) is 2.87. The lowest BCUT2D eigenvalue weighted by molar-refractivity contribution is -0.335. The Morgan fingerprint density at radius 1 is 1.10 bits per heavy atom. The van der Waals surface area contributed by atoms with Crippen molar-refractivity contribution in [2.45, 2.75) is 69.5 Å². The van der Waals surface area contributed by atoms with Gasteiger partial charge < -0.3 is 28.8 Å². The van der Waals surface area contributed by atoms with Crippen LogP contribution in [0.5, 0.6) is 0 Å². The predicted octanol–water partition coefficient (Wildman–Crippen LogP) is 0.379. The van der Waals surface area contributed by atoms with Crippen LogP contribution in [0.4, 0.5) is 0 Å². The average molecular weight is 284 g/mol. The molecule has 20 heavy (non-hydrogen) atoms. The first-order valence-electron chi connectivity index (χ1n) is 7.08. The predicted molar refractivity (Wildman–Crippen MR) is 67.4 cm³/mol. The lowest BCUT2D eigenvalue weighted by atomic mass is 9.98. The minimum atomic E-state index is -1.01. The molecule has 0 aromatic rings. The molecule has 0 spiro atoms. The molecular weight excluding hydrogens is 264 g/mol. The van der Waals surface area contributed by atoms with Crippen molar-refractivity contribution in [3.8, 4) is 12.3 Å². The summed E-state index contributed by atoms with van der Waals surface area (Å²) in [5.41, 5.74) is 0. The topological polar surface area (TPSA) is 66.4 Å². The van der Waals surface area contributed by atoms with Crippen molar-refractivity contribution in [2.75, 3.05) is 6.61 Å². The van der Waals surface area contributed by atoms with E-state index in [1.165, 1.54) is 0 Å². The van der Waals surface area contributed by atoms with Crippen molar-refractivity contribution in [1.82, 2.24) is 0 Å². The maximum atomic E-state index is 10.0. The molecule has 3 heterocycles. The van der Waals surface area contributed by atoms with E-state index < -0.39 is 18.7 Å². The fraction of sp³-hybridized carbons (Fsp3) is 0.857. The Morgan fingerprint density at radius 2 is 1.85 bits per heavy atom. The van der Waals surface area contributed by atoms with E-state index in [0.717, 1.165) is 12.8 Å². The van der Waals surface area contributed by atoms with Crippen molar-refractivity contribution in [2.24, 2.45) is 0 Å². The number of terminal acetylenes is 1. The van der Waals surface area contributed by atoms with Gasteiger partial charge in [0.1, 0.15) is 24.4 Å². The molecule has 0 amide bonds. The molecule has 0 radical (unpaired) electrons. The zero-order chi connectivity index (χ0) is 14.1. The number of fused-ring (bicyclic) bond motifs is 3. The van der Waals surface area contributed by atoms with E-state index in [0.29, 0.717) is 13.0 Å². The third-order valence-electron chi connectivity index (χ3n) is 3.79. The first kappa shape index (κ1) is 14.3. The highest BCUT2D eigenvalue weighted by atomic mass is 16.8. The maximum absolute atomic E-state index is 10.0. The van der Waals surface area contributed by atoms with Gasteiger partial charge in [0.15, 0.2) is 18.9 Å². The second kappa shape index (κ2) is 5.98. The molecule has 3 rings (SSSR count). The molecule has 3 aliphatic rings. The Labute approximate surface area is 118 Å². The number of hydrogen-bond acceptors (Lipinski definition) is 6. The van der Waals surface area contributed by atoms with E-state index in [1.807, 2.05) is 0 Å². The lowest BCUT2D eigenvalue weighted by Gasteiger charge is -2.44. The van der Waals surface area contributed by atoms with Gasteiger partial charge in [-0.1, -0.05) is 13.3 Å². The van der Waals surface area contributed by atoms with E-state index in [4.69, 9.17) is 30.1 Å². The van der Waals surface area contributed by atoms with Gasteiger partial charge >= 0.3 is 0 Å². The molecule has 0 aromatic carbocycles. The van der Waals surface area contributed by atoms with Gasteiger partial charge in [-0.25, -0.2) is 0 Å². The van der Waals surface area contributed by atoms with Gasteiger partial charge in [-0.2, -0.15) is 0 Å². The third kappa shape index (κ3) is 2.58. The quantitative estimate of drug-likeness (QED) is 0.756. The molecule has 3 saturated heterocycles. The summed E-state index contributed by atoms with van der Waals surface area (Å²) in [6, 6.07) is 0. The molecule has 7 unspecified atom stereocenters. The van der Waals surface area contributed by atoms with Crippen LogP contribution < -0.4 is 0 Å². The molecule has 7 atom stereocenters. The molecule has 6 nitrogen and oxygen atoms in total. The average Bonchev–Trinajstić information content (AvgIpc) is 2.85. The zero-order valence-electron chi connectivity index (χ0n) is 11.4. The molecule has 3 aliphatic heterocycles. The van der Waals surface area contributed by atoms with Gasteiger partial charge in [0, 0.05) is 0 Å². The Morgan fingerprint density at radius 3 is 2.60 bits per heavy atom. The van der Waals surface area contributed by atoms with Crippen LogP contribution in [0.3, 0.4) is 0 Å². The number of hydrogen-bond donors (Lipinski definition) is 1. The van der Waals surface area contributed by atoms with Gasteiger partial charge in [0.2, 0.25) is 0 Å². The molecule has 6 heteroatoms. The van der Waals surface area contributed by atoms with Crippen LogP contribution in [-0.2, 0) is 23.7 Å². The standard InChI is InChI=1S/C14H20O6/c1-3-5-9-16-7-8-11(18-9)12-13(14(15)17-8)20-10(19-12)6-4-2/h1,8-15H,4-7H2,2H3. The summed E-state index contributed by atoms with van der Waals surface area (Å²) in [6.07, 6.45) is 4.06. The highest BCUT2D eigenvalue weighted by molar-refractivity contribution is 4.97. The molecule has 3 fully saturated rings. The second-order valence-electron chi connectivity index (χ2n) is 5.26. The molecule has 0 saturated carbocycles. The second-order valence-corrected chi connectivity index (χ2v) is 5.26. The van der Waals surface area contributed by atoms with E-state index in [-0.39, 0.29) is 24.6 Å². The summed E-state index contributed by atoms with van der Waals surface area (Å²) in [5, 5.41) is 10.0. The summed E-state index contributed by atoms with van der Waals surface area (Å²) < 4.78 is 28.4. The summed E-state index contributed by atoms with van der Waals surface area (Å²) >= 11 is 0. The number of rotatable bonds is 3. The molecule has 1 N–H and O–H groups in total. The SMILES string of the molecule is C#CCC1OCC2OC(O)C3OC(CCC)OC3C2O1. The summed E-state index contributed by atoms with van der Waals surface area (Å²) in [5.74, 6) is 2.52. The molecule has 0 bridgehead atoms. The lowest BCUT2D eigenvalue weighted by Crippen LogP contribution is -2.61. The zero-order valence-corrected chi connectivity index (χ0v) is 11.4. The Hall–Kier alpha value is -0.680. The van der Waals surface area contributed by atoms with Crippen molar-refractivity contribution < 1.29 is 28.8 Å². The van der Waals surface area contributed by atoms with Crippen LogP contribution in [0, 0.1) is 12.3 Å². The van der Waals surface area contributed by atoms with Crippen LogP contribution in [0.1, 0.15) is 26.2 Å². The Balaban J connectivity index is 1.71. The molecule has 112 valence electrons. The molecule has 0 aromatic heterocycles. The van der Waals surface area contributed by atoms with Crippen molar-refractivity contribution >= 4 is 0 Å². The monoisotopic (exact) mass is 284 g/mol. The molecule has 0 aliphatic carbocycles. The normalized spacial score (nSPS) is 47.4. The van der Waals surface area contributed by atoms with Gasteiger partial charge in [0.05, 0.1) is 13.0 Å². The van der Waals surface area contributed by atoms with Crippen LogP contribution in [0.25, 0.3) is 0 Å². The Bertz CT molecular complexity index is 380. The fourth-order valence-electron chi connectivity index (χ4n) is 2.87. The van der Waals surface area contributed by atoms with Crippen LogP contribution in [0.15, 0.2) is 0 Å².